The Hall–Kier alpha value is -4.62. The third-order valence-electron chi connectivity index (χ3n) is 7.77. The molecular weight excluding hydrogens is 530 g/mol. The second kappa shape index (κ2) is 15.2. The molecule has 5 aromatic rings. The highest BCUT2D eigenvalue weighted by atomic mass is 15.0. The van der Waals surface area contributed by atoms with Crippen molar-refractivity contribution in [3.8, 4) is 27.9 Å². The van der Waals surface area contributed by atoms with Crippen LogP contribution in [-0.4, -0.2) is 4.57 Å². The maximum atomic E-state index is 4.05. The van der Waals surface area contributed by atoms with Crippen LogP contribution >= 0.6 is 0 Å². The zero-order valence-electron chi connectivity index (χ0n) is 27.6. The Balaban J connectivity index is 0.00000106. The number of rotatable bonds is 5. The van der Waals surface area contributed by atoms with E-state index < -0.39 is 0 Å². The van der Waals surface area contributed by atoms with Crippen molar-refractivity contribution in [2.24, 2.45) is 0 Å². The van der Waals surface area contributed by atoms with Gasteiger partial charge >= 0.3 is 0 Å². The second-order valence-corrected chi connectivity index (χ2v) is 10.7. The highest BCUT2D eigenvalue weighted by molar-refractivity contribution is 5.91. The molecular formula is C43H47N. The molecule has 1 aliphatic carbocycles. The van der Waals surface area contributed by atoms with Crippen molar-refractivity contribution in [3.63, 3.8) is 0 Å². The summed E-state index contributed by atoms with van der Waals surface area (Å²) in [6, 6.07) is 31.4. The van der Waals surface area contributed by atoms with Gasteiger partial charge in [0, 0.05) is 21.6 Å². The first-order valence-electron chi connectivity index (χ1n) is 16.2. The van der Waals surface area contributed by atoms with Crippen LogP contribution in [0.1, 0.15) is 64.2 Å². The smallest absolute Gasteiger partial charge is 0.0541 e. The zero-order chi connectivity index (χ0) is 31.6. The maximum absolute atomic E-state index is 4.05. The number of aryl methyl sites for hydroxylation is 2. The molecule has 0 spiro atoms. The fourth-order valence-electron chi connectivity index (χ4n) is 6.04. The van der Waals surface area contributed by atoms with Crippen LogP contribution in [0.5, 0.6) is 0 Å². The van der Waals surface area contributed by atoms with Crippen LogP contribution in [0, 0.1) is 13.8 Å². The lowest BCUT2D eigenvalue weighted by Gasteiger charge is -2.14. The van der Waals surface area contributed by atoms with Crippen molar-refractivity contribution in [2.75, 3.05) is 0 Å². The Bertz CT molecular complexity index is 1910. The van der Waals surface area contributed by atoms with Gasteiger partial charge in [0.05, 0.1) is 5.52 Å². The number of fused-ring (bicyclic) bond motifs is 1. The summed E-state index contributed by atoms with van der Waals surface area (Å²) >= 11 is 0. The van der Waals surface area contributed by atoms with Gasteiger partial charge in [-0.05, 0) is 121 Å². The topological polar surface area (TPSA) is 4.93 Å². The van der Waals surface area contributed by atoms with E-state index in [1.165, 1.54) is 71.7 Å². The van der Waals surface area contributed by atoms with Gasteiger partial charge in [-0.15, -0.1) is 0 Å². The van der Waals surface area contributed by atoms with Gasteiger partial charge in [0.1, 0.15) is 0 Å². The van der Waals surface area contributed by atoms with Crippen molar-refractivity contribution in [3.05, 3.63) is 143 Å². The lowest BCUT2D eigenvalue weighted by Crippen LogP contribution is -2.28. The van der Waals surface area contributed by atoms with Crippen LogP contribution < -0.4 is 10.6 Å². The first kappa shape index (κ1) is 32.3. The molecule has 0 aliphatic heterocycles. The van der Waals surface area contributed by atoms with Crippen LogP contribution in [0.3, 0.4) is 0 Å². The molecule has 0 atom stereocenters. The zero-order valence-corrected chi connectivity index (χ0v) is 27.6. The van der Waals surface area contributed by atoms with Crippen molar-refractivity contribution in [2.45, 2.75) is 61.3 Å². The molecule has 0 unspecified atom stereocenters. The Morgan fingerprint density at radius 2 is 1.34 bits per heavy atom. The van der Waals surface area contributed by atoms with E-state index in [-0.39, 0.29) is 0 Å². The Labute approximate surface area is 264 Å². The minimum atomic E-state index is 1.09. The lowest BCUT2D eigenvalue weighted by molar-refractivity contribution is 1.04. The van der Waals surface area contributed by atoms with Gasteiger partial charge in [0.25, 0.3) is 0 Å². The number of nitrogens with zero attached hydrogens (tertiary/aromatic N) is 1. The molecule has 6 rings (SSSR count). The fraction of sp³-hybridized carbons (Fsp3) is 0.209. The largest absolute Gasteiger partial charge is 0.310 e. The molecule has 1 aliphatic rings. The summed E-state index contributed by atoms with van der Waals surface area (Å²) in [6.45, 7) is 18.5. The van der Waals surface area contributed by atoms with E-state index in [9.17, 15) is 0 Å². The predicted octanol–water partition coefficient (Wildman–Crippen LogP) is 11.1. The molecule has 1 nitrogen and oxygen atoms in total. The second-order valence-electron chi connectivity index (χ2n) is 10.7. The van der Waals surface area contributed by atoms with Crippen LogP contribution in [0.25, 0.3) is 56.6 Å². The molecule has 0 saturated carbocycles. The first-order chi connectivity index (χ1) is 21.6. The highest BCUT2D eigenvalue weighted by Crippen LogP contribution is 2.33. The van der Waals surface area contributed by atoms with Crippen LogP contribution in [0.4, 0.5) is 0 Å². The Morgan fingerprint density at radius 3 is 1.95 bits per heavy atom. The van der Waals surface area contributed by atoms with Crippen molar-refractivity contribution in [1.82, 2.24) is 4.57 Å². The molecule has 0 amide bonds. The van der Waals surface area contributed by atoms with E-state index in [0.29, 0.717) is 0 Å². The maximum Gasteiger partial charge on any atom is 0.0541 e. The molecule has 1 heteroatoms. The molecule has 1 heterocycles. The van der Waals surface area contributed by atoms with Gasteiger partial charge in [-0.2, -0.15) is 0 Å². The number of hydrogen-bond acceptors (Lipinski definition) is 0. The van der Waals surface area contributed by atoms with Gasteiger partial charge in [-0.25, -0.2) is 0 Å². The Kier molecular flexibility index (Phi) is 11.2. The van der Waals surface area contributed by atoms with Gasteiger partial charge in [-0.1, -0.05) is 113 Å². The van der Waals surface area contributed by atoms with Gasteiger partial charge in [0.2, 0.25) is 0 Å². The summed E-state index contributed by atoms with van der Waals surface area (Å²) in [5.74, 6) is 0. The van der Waals surface area contributed by atoms with Crippen molar-refractivity contribution >= 4 is 28.6 Å². The van der Waals surface area contributed by atoms with E-state index in [1.807, 2.05) is 33.8 Å². The molecule has 0 radical (unpaired) electrons. The SMILES string of the molecule is C=C/C=c1\c(=C/C)n(-c2cc(C)cc(C)c2)c2ccc(-c3cc(C4=CCCC=C4)cc(-c4ccccc4)c3)cc12.CC.CC. The average Bonchev–Trinajstić information content (AvgIpc) is 3.39. The van der Waals surface area contributed by atoms with Crippen LogP contribution in [-0.2, 0) is 0 Å². The van der Waals surface area contributed by atoms with Crippen molar-refractivity contribution in [1.29, 1.82) is 0 Å². The first-order valence-corrected chi connectivity index (χ1v) is 16.2. The van der Waals surface area contributed by atoms with E-state index in [1.54, 1.807) is 0 Å². The highest BCUT2D eigenvalue weighted by Gasteiger charge is 2.13. The molecule has 4 aromatic carbocycles. The standard InChI is InChI=1S/C39H35N.2C2H6/c1-5-13-36-37-26-31(18-19-39(37)40(38(36)6-2)35-21-27(3)20-28(4)22-35)34-24-32(29-14-9-7-10-15-29)23-33(25-34)30-16-11-8-12-17-30;2*1-2/h5-7,9-11,13-26H,1,8,12H2,2-4H3;2*1-2H3/b36-13-,38-6+;;. The summed E-state index contributed by atoms with van der Waals surface area (Å²) < 4.78 is 2.39. The molecule has 224 valence electrons. The van der Waals surface area contributed by atoms with Gasteiger partial charge in [-0.3, -0.25) is 0 Å². The lowest BCUT2D eigenvalue weighted by atomic mass is 9.91. The number of allylic oxidation sites excluding steroid dienone is 5. The quantitative estimate of drug-likeness (QED) is 0.196. The number of aromatic nitrogens is 1. The number of benzene rings is 4. The Morgan fingerprint density at radius 1 is 0.682 bits per heavy atom. The fourth-order valence-corrected chi connectivity index (χ4v) is 6.04. The summed E-state index contributed by atoms with van der Waals surface area (Å²) in [4.78, 5) is 0. The van der Waals surface area contributed by atoms with Crippen LogP contribution in [0.2, 0.25) is 0 Å². The van der Waals surface area contributed by atoms with Gasteiger partial charge < -0.3 is 4.57 Å². The normalized spacial score (nSPS) is 13.1. The van der Waals surface area contributed by atoms with Crippen LogP contribution in [0.15, 0.2) is 116 Å². The van der Waals surface area contributed by atoms with Crippen molar-refractivity contribution < 1.29 is 0 Å². The third kappa shape index (κ3) is 6.79. The molecule has 44 heavy (non-hydrogen) atoms. The van der Waals surface area contributed by atoms with E-state index in [4.69, 9.17) is 0 Å². The van der Waals surface area contributed by atoms with E-state index in [0.717, 1.165) is 12.8 Å². The molecule has 1 aromatic heterocycles. The minimum absolute atomic E-state index is 1.09. The van der Waals surface area contributed by atoms with E-state index >= 15 is 0 Å². The average molecular weight is 578 g/mol. The summed E-state index contributed by atoms with van der Waals surface area (Å²) in [5, 5.41) is 3.62. The van der Waals surface area contributed by atoms with E-state index in [2.05, 4.69) is 147 Å². The summed E-state index contributed by atoms with van der Waals surface area (Å²) in [5.41, 5.74) is 12.4. The predicted molar refractivity (Wildman–Crippen MR) is 197 cm³/mol. The number of hydrogen-bond donors (Lipinski definition) is 0. The monoisotopic (exact) mass is 577 g/mol. The summed E-state index contributed by atoms with van der Waals surface area (Å²) in [7, 11) is 0. The minimum Gasteiger partial charge on any atom is -0.310 e. The molecule has 0 bridgehead atoms. The van der Waals surface area contributed by atoms with Gasteiger partial charge in [0.15, 0.2) is 0 Å². The molecule has 0 saturated heterocycles. The molecule has 0 fully saturated rings. The summed E-state index contributed by atoms with van der Waals surface area (Å²) in [6.07, 6.45) is 15.4. The third-order valence-corrected chi connectivity index (χ3v) is 7.77. The molecule has 0 N–H and O–H groups in total.